The predicted molar refractivity (Wildman–Crippen MR) is 27.3 cm³/mol. The molecule has 0 radical (unpaired) electrons. The molecule has 1 N–H and O–H groups in total. The Bertz CT molecular complexity index is 59.8. The van der Waals surface area contributed by atoms with E-state index in [9.17, 15) is 0 Å². The second-order valence-corrected chi connectivity index (χ2v) is 1.22. The Hall–Kier alpha value is 0.120. The highest BCUT2D eigenvalue weighted by atomic mass is 35.5. The van der Waals surface area contributed by atoms with Gasteiger partial charge in [0.05, 0.1) is 5.88 Å². The molecule has 3 heteroatoms. The molecule has 36 valence electrons. The van der Waals surface area contributed by atoms with Gasteiger partial charge in [-0.05, 0) is 0 Å². The number of aliphatic hydroxyl groups excluding tert-OH is 1. The minimum atomic E-state index is -0.00154. The van der Waals surface area contributed by atoms with Crippen LogP contribution in [0.1, 0.15) is 0 Å². The molecule has 0 fully saturated rings. The molecule has 0 aliphatic heterocycles. The molecule has 0 aliphatic carbocycles. The summed E-state index contributed by atoms with van der Waals surface area (Å²) in [6.07, 6.45) is 0. The van der Waals surface area contributed by atoms with Gasteiger partial charge in [0.2, 0.25) is 0 Å². The molecule has 0 bridgehead atoms. The maximum absolute atomic E-state index is 8.26. The van der Waals surface area contributed by atoms with Crippen LogP contribution in [0.4, 0.5) is 0 Å². The van der Waals surface area contributed by atoms with E-state index in [-0.39, 0.29) is 11.6 Å². The zero-order chi connectivity index (χ0) is 4.99. The van der Waals surface area contributed by atoms with Crippen molar-refractivity contribution in [2.75, 3.05) is 5.88 Å². The molecular weight excluding hydrogens is 123 g/mol. The minimum Gasteiger partial charge on any atom is -0.510 e. The van der Waals surface area contributed by atoms with Crippen LogP contribution in [0, 0.1) is 0 Å². The normalized spacial score (nSPS) is 12.0. The molecule has 0 spiro atoms. The van der Waals surface area contributed by atoms with Gasteiger partial charge in [-0.3, -0.25) is 0 Å². The van der Waals surface area contributed by atoms with Gasteiger partial charge in [0.1, 0.15) is 5.76 Å². The quantitative estimate of drug-likeness (QED) is 0.421. The van der Waals surface area contributed by atoms with Crippen molar-refractivity contribution in [1.82, 2.24) is 0 Å². The van der Waals surface area contributed by atoms with E-state index in [1.165, 1.54) is 0 Å². The van der Waals surface area contributed by atoms with Crippen molar-refractivity contribution in [3.8, 4) is 0 Å². The minimum absolute atomic E-state index is 0.00154. The van der Waals surface area contributed by atoms with E-state index in [4.69, 9.17) is 28.3 Å². The van der Waals surface area contributed by atoms with E-state index in [1.807, 2.05) is 0 Å². The third kappa shape index (κ3) is 2.36. The molecule has 0 amide bonds. The van der Waals surface area contributed by atoms with Crippen molar-refractivity contribution in [2.24, 2.45) is 0 Å². The van der Waals surface area contributed by atoms with Crippen LogP contribution < -0.4 is 0 Å². The molecule has 1 nitrogen and oxygen atoms in total. The standard InChI is InChI=1S/C3H4Cl2O/c4-1-3(6)2-5/h1,6H,2H2. The van der Waals surface area contributed by atoms with Gasteiger partial charge in [-0.15, -0.1) is 11.6 Å². The second kappa shape index (κ2) is 3.32. The van der Waals surface area contributed by atoms with Gasteiger partial charge >= 0.3 is 0 Å². The number of rotatable bonds is 1. The highest BCUT2D eigenvalue weighted by Gasteiger charge is 1.80. The highest BCUT2D eigenvalue weighted by molar-refractivity contribution is 6.26. The van der Waals surface area contributed by atoms with E-state index in [0.29, 0.717) is 0 Å². The number of halogens is 2. The monoisotopic (exact) mass is 126 g/mol. The van der Waals surface area contributed by atoms with Crippen LogP contribution in [-0.2, 0) is 0 Å². The first-order chi connectivity index (χ1) is 2.81. The molecule has 0 aromatic heterocycles. The summed E-state index contributed by atoms with van der Waals surface area (Å²) in [6.45, 7) is 0. The summed E-state index contributed by atoms with van der Waals surface area (Å²) in [6, 6.07) is 0. The van der Waals surface area contributed by atoms with Gasteiger partial charge in [0.25, 0.3) is 0 Å². The first kappa shape index (κ1) is 6.12. The summed E-state index contributed by atoms with van der Waals surface area (Å²) in [5, 5.41) is 8.26. The van der Waals surface area contributed by atoms with Crippen LogP contribution in [0.25, 0.3) is 0 Å². The van der Waals surface area contributed by atoms with Crippen LogP contribution in [0.5, 0.6) is 0 Å². The lowest BCUT2D eigenvalue weighted by Crippen LogP contribution is -1.75. The van der Waals surface area contributed by atoms with E-state index >= 15 is 0 Å². The Labute approximate surface area is 46.2 Å². The van der Waals surface area contributed by atoms with Crippen molar-refractivity contribution < 1.29 is 5.11 Å². The van der Waals surface area contributed by atoms with Gasteiger partial charge in [-0.1, -0.05) is 11.6 Å². The van der Waals surface area contributed by atoms with Crippen LogP contribution in [0.2, 0.25) is 0 Å². The summed E-state index contributed by atoms with van der Waals surface area (Å²) in [7, 11) is 0. The molecule has 0 atom stereocenters. The number of alkyl halides is 1. The van der Waals surface area contributed by atoms with Gasteiger partial charge in [-0.2, -0.15) is 0 Å². The van der Waals surface area contributed by atoms with Crippen molar-refractivity contribution in [3.63, 3.8) is 0 Å². The van der Waals surface area contributed by atoms with Crippen LogP contribution >= 0.6 is 23.2 Å². The molecular formula is C3H4Cl2O. The SMILES string of the molecule is OC(=CCl)CCl. The number of hydrogen-bond acceptors (Lipinski definition) is 1. The molecule has 0 saturated carbocycles. The average molecular weight is 127 g/mol. The fourth-order valence-corrected chi connectivity index (χ4v) is 0.262. The predicted octanol–water partition coefficient (Wildman–Crippen LogP) is 1.86. The maximum atomic E-state index is 8.26. The van der Waals surface area contributed by atoms with Crippen molar-refractivity contribution in [1.29, 1.82) is 0 Å². The second-order valence-electron chi connectivity index (χ2n) is 0.734. The Morgan fingerprint density at radius 3 is 2.33 bits per heavy atom. The highest BCUT2D eigenvalue weighted by Crippen LogP contribution is 1.92. The largest absolute Gasteiger partial charge is 0.510 e. The zero-order valence-corrected chi connectivity index (χ0v) is 4.50. The smallest absolute Gasteiger partial charge is 0.118 e. The number of hydrogen-bond donors (Lipinski definition) is 1. The first-order valence-electron chi connectivity index (χ1n) is 1.35. The molecule has 6 heavy (non-hydrogen) atoms. The van der Waals surface area contributed by atoms with Gasteiger partial charge in [0.15, 0.2) is 0 Å². The zero-order valence-electron chi connectivity index (χ0n) is 2.99. The molecule has 0 rings (SSSR count). The van der Waals surface area contributed by atoms with Crippen LogP contribution in [-0.4, -0.2) is 11.0 Å². The van der Waals surface area contributed by atoms with E-state index < -0.39 is 0 Å². The molecule has 0 heterocycles. The van der Waals surface area contributed by atoms with E-state index in [2.05, 4.69) is 0 Å². The van der Waals surface area contributed by atoms with Crippen molar-refractivity contribution in [3.05, 3.63) is 11.3 Å². The summed E-state index contributed by atoms with van der Waals surface area (Å²) in [4.78, 5) is 0. The van der Waals surface area contributed by atoms with Crippen LogP contribution in [0.3, 0.4) is 0 Å². The van der Waals surface area contributed by atoms with E-state index in [1.54, 1.807) is 0 Å². The number of allylic oxidation sites excluding steroid dienone is 1. The lowest BCUT2D eigenvalue weighted by atomic mass is 10.7. The summed E-state index contributed by atoms with van der Waals surface area (Å²) in [5.41, 5.74) is 1.03. The van der Waals surface area contributed by atoms with Crippen LogP contribution in [0.15, 0.2) is 11.3 Å². The topological polar surface area (TPSA) is 20.2 Å². The lowest BCUT2D eigenvalue weighted by Gasteiger charge is -1.81. The molecule has 0 aromatic rings. The maximum Gasteiger partial charge on any atom is 0.118 e. The molecule has 0 aliphatic rings. The number of aliphatic hydroxyl groups is 1. The Morgan fingerprint density at radius 2 is 2.33 bits per heavy atom. The third-order valence-corrected chi connectivity index (χ3v) is 0.789. The van der Waals surface area contributed by atoms with Gasteiger partial charge in [-0.25, -0.2) is 0 Å². The molecule has 0 aromatic carbocycles. The molecule has 0 unspecified atom stereocenters. The van der Waals surface area contributed by atoms with E-state index in [0.717, 1.165) is 5.54 Å². The van der Waals surface area contributed by atoms with Crippen molar-refractivity contribution in [2.45, 2.75) is 0 Å². The Balaban J connectivity index is 3.22. The fraction of sp³-hybridized carbons (Fsp3) is 0.333. The summed E-state index contributed by atoms with van der Waals surface area (Å²) < 4.78 is 0. The van der Waals surface area contributed by atoms with Crippen molar-refractivity contribution >= 4 is 23.2 Å². The van der Waals surface area contributed by atoms with Gasteiger partial charge < -0.3 is 5.11 Å². The van der Waals surface area contributed by atoms with Gasteiger partial charge in [0, 0.05) is 5.54 Å². The Morgan fingerprint density at radius 1 is 1.83 bits per heavy atom. The summed E-state index contributed by atoms with van der Waals surface area (Å²) in [5.74, 6) is 0.0853. The lowest BCUT2D eigenvalue weighted by molar-refractivity contribution is 0.418. The summed E-state index contributed by atoms with van der Waals surface area (Å²) >= 11 is 10.0. The fourth-order valence-electron chi connectivity index (χ4n) is 0.0292. The Kier molecular flexibility index (Phi) is 3.38. The average Bonchev–Trinajstić information content (AvgIpc) is 1.65. The molecule has 0 saturated heterocycles. The third-order valence-electron chi connectivity index (χ3n) is 0.263. The first-order valence-corrected chi connectivity index (χ1v) is 2.32.